The molecule has 0 bridgehead atoms. The van der Waals surface area contributed by atoms with E-state index in [1.54, 1.807) is 7.05 Å². The van der Waals surface area contributed by atoms with Gasteiger partial charge in [-0.25, -0.2) is 4.98 Å². The van der Waals surface area contributed by atoms with Crippen LogP contribution in [0.2, 0.25) is 0 Å². The molecule has 0 aliphatic heterocycles. The van der Waals surface area contributed by atoms with Gasteiger partial charge in [-0.3, -0.25) is 4.79 Å². The minimum Gasteiger partial charge on any atom is -0.315 e. The number of hydrogen-bond acceptors (Lipinski definition) is 3. The van der Waals surface area contributed by atoms with Crippen LogP contribution in [0.5, 0.6) is 0 Å². The van der Waals surface area contributed by atoms with Crippen LogP contribution in [0, 0.1) is 0 Å². The summed E-state index contributed by atoms with van der Waals surface area (Å²) in [5.41, 5.74) is 7.61. The summed E-state index contributed by atoms with van der Waals surface area (Å²) in [6.07, 6.45) is 2.88. The van der Waals surface area contributed by atoms with E-state index < -0.39 is 5.56 Å². The van der Waals surface area contributed by atoms with Crippen molar-refractivity contribution >= 4 is 5.82 Å². The van der Waals surface area contributed by atoms with Crippen molar-refractivity contribution in [2.45, 2.75) is 0 Å². The second-order valence-electron chi connectivity index (χ2n) is 1.86. The van der Waals surface area contributed by atoms with Gasteiger partial charge in [-0.15, -0.1) is 0 Å². The average molecular weight is 151 g/mol. The van der Waals surface area contributed by atoms with E-state index in [9.17, 15) is 4.79 Å². The third-order valence-electron chi connectivity index (χ3n) is 1.14. The fourth-order valence-corrected chi connectivity index (χ4v) is 0.596. The highest BCUT2D eigenvalue weighted by atomic mass is 16.1. The van der Waals surface area contributed by atoms with E-state index in [1.807, 2.05) is 0 Å². The lowest BCUT2D eigenvalue weighted by molar-refractivity contribution is 0.840. The highest BCUT2D eigenvalue weighted by Crippen LogP contribution is 1.95. The Morgan fingerprint density at radius 2 is 2.55 bits per heavy atom. The molecule has 0 N–H and O–H groups in total. The van der Waals surface area contributed by atoms with Gasteiger partial charge in [0, 0.05) is 24.4 Å². The fourth-order valence-electron chi connectivity index (χ4n) is 0.596. The molecule has 1 aromatic heterocycles. The lowest BCUT2D eigenvalue weighted by atomic mass is 10.6. The topological polar surface area (TPSA) is 83.7 Å². The molecule has 1 aromatic rings. The van der Waals surface area contributed by atoms with Gasteiger partial charge in [0.15, 0.2) is 5.82 Å². The molecule has 0 radical (unpaired) electrons. The van der Waals surface area contributed by atoms with Gasteiger partial charge in [0.2, 0.25) is 0 Å². The summed E-state index contributed by atoms with van der Waals surface area (Å²) in [6, 6.07) is 0. The first-order chi connectivity index (χ1) is 5.25. The van der Waals surface area contributed by atoms with Crippen LogP contribution < -0.4 is 5.56 Å². The predicted molar refractivity (Wildman–Crippen MR) is 38.3 cm³/mol. The van der Waals surface area contributed by atoms with Crippen molar-refractivity contribution in [1.82, 2.24) is 9.55 Å². The number of aromatic nitrogens is 2. The van der Waals surface area contributed by atoms with Crippen molar-refractivity contribution in [2.24, 2.45) is 12.2 Å². The third-order valence-corrected chi connectivity index (χ3v) is 1.14. The molecule has 0 aliphatic rings. The van der Waals surface area contributed by atoms with Crippen molar-refractivity contribution < 1.29 is 0 Å². The summed E-state index contributed by atoms with van der Waals surface area (Å²) in [5.74, 6) is -0.127. The van der Waals surface area contributed by atoms with Crippen LogP contribution in [-0.2, 0) is 7.05 Å². The zero-order valence-corrected chi connectivity index (χ0v) is 5.80. The third kappa shape index (κ3) is 1.36. The molecule has 0 saturated carbocycles. The van der Waals surface area contributed by atoms with Gasteiger partial charge in [-0.2, -0.15) is 0 Å². The molecule has 0 aliphatic carbocycles. The van der Waals surface area contributed by atoms with E-state index in [0.717, 1.165) is 0 Å². The predicted octanol–water partition coefficient (Wildman–Crippen LogP) is 0.722. The van der Waals surface area contributed by atoms with E-state index >= 15 is 0 Å². The maximum Gasteiger partial charge on any atom is 0.278 e. The van der Waals surface area contributed by atoms with E-state index in [0.29, 0.717) is 0 Å². The molecule has 6 heteroatoms. The number of aryl methyl sites for hydroxylation is 1. The summed E-state index contributed by atoms with van der Waals surface area (Å²) >= 11 is 0. The SMILES string of the molecule is Cn1ccnc(N=[N+]=[N-])c1=O. The monoisotopic (exact) mass is 151 g/mol. The van der Waals surface area contributed by atoms with Crippen molar-refractivity contribution in [3.8, 4) is 0 Å². The second kappa shape index (κ2) is 2.85. The molecule has 6 nitrogen and oxygen atoms in total. The number of nitrogens with zero attached hydrogens (tertiary/aromatic N) is 5. The molecule has 11 heavy (non-hydrogen) atoms. The maximum atomic E-state index is 11.0. The smallest absolute Gasteiger partial charge is 0.278 e. The molecule has 0 unspecified atom stereocenters. The van der Waals surface area contributed by atoms with Crippen LogP contribution in [0.25, 0.3) is 10.4 Å². The van der Waals surface area contributed by atoms with Crippen LogP contribution in [0.1, 0.15) is 0 Å². The molecular formula is C5H5N5O. The van der Waals surface area contributed by atoms with Crippen molar-refractivity contribution in [2.75, 3.05) is 0 Å². The number of rotatable bonds is 1. The average Bonchev–Trinajstić information content (AvgIpc) is 1.99. The molecule has 1 heterocycles. The molecule has 56 valence electrons. The van der Waals surface area contributed by atoms with Crippen LogP contribution in [0.4, 0.5) is 5.82 Å². The molecular weight excluding hydrogens is 146 g/mol. The Balaban J connectivity index is 3.39. The van der Waals surface area contributed by atoms with Gasteiger partial charge in [0.1, 0.15) is 0 Å². The Morgan fingerprint density at radius 3 is 3.18 bits per heavy atom. The van der Waals surface area contributed by atoms with Gasteiger partial charge in [-0.1, -0.05) is 0 Å². The molecule has 0 amide bonds. The van der Waals surface area contributed by atoms with Crippen LogP contribution in [0.3, 0.4) is 0 Å². The van der Waals surface area contributed by atoms with Crippen LogP contribution in [0.15, 0.2) is 22.3 Å². The van der Waals surface area contributed by atoms with Gasteiger partial charge in [-0.05, 0) is 10.6 Å². The molecule has 0 fully saturated rings. The first-order valence-electron chi connectivity index (χ1n) is 2.82. The van der Waals surface area contributed by atoms with Gasteiger partial charge in [0.25, 0.3) is 5.56 Å². The van der Waals surface area contributed by atoms with E-state index in [1.165, 1.54) is 17.0 Å². The van der Waals surface area contributed by atoms with Crippen molar-refractivity contribution in [1.29, 1.82) is 0 Å². The second-order valence-corrected chi connectivity index (χ2v) is 1.86. The highest BCUT2D eigenvalue weighted by molar-refractivity contribution is 5.21. The molecule has 1 rings (SSSR count). The number of hydrogen-bond donors (Lipinski definition) is 0. The van der Waals surface area contributed by atoms with E-state index in [2.05, 4.69) is 15.0 Å². The summed E-state index contributed by atoms with van der Waals surface area (Å²) in [5, 5.41) is 3.10. The number of azide groups is 1. The summed E-state index contributed by atoms with van der Waals surface area (Å²) < 4.78 is 1.29. The zero-order chi connectivity index (χ0) is 8.27. The first kappa shape index (κ1) is 7.30. The Hall–Kier alpha value is -1.81. The summed E-state index contributed by atoms with van der Waals surface area (Å²) in [7, 11) is 1.56. The van der Waals surface area contributed by atoms with Crippen molar-refractivity contribution in [3.63, 3.8) is 0 Å². The van der Waals surface area contributed by atoms with E-state index in [-0.39, 0.29) is 5.82 Å². The van der Waals surface area contributed by atoms with Gasteiger partial charge < -0.3 is 4.57 Å². The Labute approximate surface area is 61.7 Å². The summed E-state index contributed by atoms with van der Waals surface area (Å²) in [6.45, 7) is 0. The molecule has 0 aromatic carbocycles. The maximum absolute atomic E-state index is 11.0. The lowest BCUT2D eigenvalue weighted by Gasteiger charge is -1.93. The minimum atomic E-state index is -0.398. The minimum absolute atomic E-state index is 0.127. The fraction of sp³-hybridized carbons (Fsp3) is 0.200. The van der Waals surface area contributed by atoms with Gasteiger partial charge in [0.05, 0.1) is 0 Å². The normalized spacial score (nSPS) is 8.82. The van der Waals surface area contributed by atoms with E-state index in [4.69, 9.17) is 5.53 Å². The largest absolute Gasteiger partial charge is 0.315 e. The van der Waals surface area contributed by atoms with Crippen molar-refractivity contribution in [3.05, 3.63) is 33.2 Å². The highest BCUT2D eigenvalue weighted by Gasteiger charge is 1.96. The zero-order valence-electron chi connectivity index (χ0n) is 5.80. The Kier molecular flexibility index (Phi) is 1.89. The Morgan fingerprint density at radius 1 is 1.82 bits per heavy atom. The first-order valence-corrected chi connectivity index (χ1v) is 2.82. The lowest BCUT2D eigenvalue weighted by Crippen LogP contribution is -2.15. The van der Waals surface area contributed by atoms with Crippen LogP contribution in [-0.4, -0.2) is 9.55 Å². The summed E-state index contributed by atoms with van der Waals surface area (Å²) in [4.78, 5) is 17.0. The quantitative estimate of drug-likeness (QED) is 0.336. The Bertz CT molecular complexity index is 361. The van der Waals surface area contributed by atoms with Gasteiger partial charge >= 0.3 is 0 Å². The molecule has 0 spiro atoms. The van der Waals surface area contributed by atoms with Crippen LogP contribution >= 0.6 is 0 Å². The molecule has 0 saturated heterocycles. The molecule has 0 atom stereocenters. The standard InChI is InChI=1S/C5H5N5O/c1-10-3-2-7-4(5(10)11)8-9-6/h2-3H,1H3.